The smallest absolute Gasteiger partial charge is 0.257 e. The molecule has 0 aliphatic carbocycles. The van der Waals surface area contributed by atoms with Crippen molar-refractivity contribution in [3.8, 4) is 0 Å². The second-order valence-electron chi connectivity index (χ2n) is 4.54. The van der Waals surface area contributed by atoms with Gasteiger partial charge in [0.25, 0.3) is 5.16 Å². The molecule has 0 spiro atoms. The molecule has 0 aliphatic rings. The van der Waals surface area contributed by atoms with Crippen LogP contribution >= 0.6 is 47.8 Å². The van der Waals surface area contributed by atoms with E-state index in [0.29, 0.717) is 18.7 Å². The van der Waals surface area contributed by atoms with Crippen molar-refractivity contribution in [3.63, 3.8) is 0 Å². The summed E-state index contributed by atoms with van der Waals surface area (Å²) < 4.78 is 25.5. The molecule has 5 nitrogen and oxygen atoms in total. The van der Waals surface area contributed by atoms with E-state index in [4.69, 9.17) is 0 Å². The van der Waals surface area contributed by atoms with Crippen LogP contribution in [-0.2, 0) is 16.3 Å². The van der Waals surface area contributed by atoms with E-state index in [0.717, 1.165) is 18.5 Å². The third-order valence-corrected chi connectivity index (χ3v) is 8.13. The molecule has 9 heteroatoms. The van der Waals surface area contributed by atoms with Crippen molar-refractivity contribution in [3.05, 3.63) is 24.6 Å². The molecule has 0 unspecified atom stereocenters. The number of rotatable bonds is 7. The van der Waals surface area contributed by atoms with E-state index in [1.807, 2.05) is 19.9 Å². The first-order valence-electron chi connectivity index (χ1n) is 6.72. The van der Waals surface area contributed by atoms with Gasteiger partial charge in [0.2, 0.25) is 11.3 Å². The van der Waals surface area contributed by atoms with Gasteiger partial charge in [0.1, 0.15) is 5.82 Å². The third kappa shape index (κ3) is 4.30. The molecule has 0 fully saturated rings. The summed E-state index contributed by atoms with van der Waals surface area (Å²) >= 11 is 9.21. The average molecular weight is 520 g/mol. The molecule has 0 amide bonds. The van der Waals surface area contributed by atoms with Crippen LogP contribution in [0, 0.1) is 0 Å². The van der Waals surface area contributed by atoms with E-state index < -0.39 is 11.3 Å². The highest BCUT2D eigenvalue weighted by Gasteiger charge is 2.42. The Labute approximate surface area is 156 Å². The molecular formula is C13H18Br3N3O2S. The molecule has 1 aromatic rings. The maximum Gasteiger partial charge on any atom is 0.257 e. The van der Waals surface area contributed by atoms with Crippen molar-refractivity contribution < 1.29 is 8.42 Å². The van der Waals surface area contributed by atoms with E-state index in [1.165, 1.54) is 0 Å². The Bertz CT molecular complexity index is 661. The van der Waals surface area contributed by atoms with Gasteiger partial charge in [-0.15, -0.1) is 16.8 Å². The molecule has 0 aromatic carbocycles. The van der Waals surface area contributed by atoms with Crippen LogP contribution in [0.15, 0.2) is 23.9 Å². The second kappa shape index (κ2) is 8.21. The van der Waals surface area contributed by atoms with Crippen molar-refractivity contribution in [2.75, 3.05) is 0 Å². The van der Waals surface area contributed by atoms with Crippen LogP contribution < -0.4 is 0 Å². The fourth-order valence-electron chi connectivity index (χ4n) is 1.89. The SMILES string of the molecule is C=CCC/C(=C\C)n1c(CCC)nnc1S(=O)(=O)C(Br)(Br)Br. The number of alkyl halides is 3. The standard InChI is InChI=1S/C13H18Br3N3O2S/c1-4-7-9-10(6-3)19-11(8-5-2)17-18-12(19)22(20,21)13(14,15)16/h4,6H,1,5,7-9H2,2-3H3/b10-6+. The van der Waals surface area contributed by atoms with Gasteiger partial charge in [-0.25, -0.2) is 8.42 Å². The van der Waals surface area contributed by atoms with E-state index in [2.05, 4.69) is 64.6 Å². The lowest BCUT2D eigenvalue weighted by Gasteiger charge is -2.17. The highest BCUT2D eigenvalue weighted by atomic mass is 80.0. The average Bonchev–Trinajstić information content (AvgIpc) is 2.83. The van der Waals surface area contributed by atoms with E-state index >= 15 is 0 Å². The number of nitrogens with zero attached hydrogens (tertiary/aromatic N) is 3. The summed E-state index contributed by atoms with van der Waals surface area (Å²) in [6.45, 7) is 7.59. The van der Waals surface area contributed by atoms with Gasteiger partial charge in [0, 0.05) is 12.1 Å². The minimum atomic E-state index is -3.81. The first-order valence-corrected chi connectivity index (χ1v) is 10.6. The number of hydrogen-bond acceptors (Lipinski definition) is 4. The first-order chi connectivity index (χ1) is 10.2. The lowest BCUT2D eigenvalue weighted by molar-refractivity contribution is 0.585. The predicted octanol–water partition coefficient (Wildman–Crippen LogP) is 4.63. The lowest BCUT2D eigenvalue weighted by atomic mass is 10.2. The van der Waals surface area contributed by atoms with E-state index in [1.54, 1.807) is 10.6 Å². The van der Waals surface area contributed by atoms with Crippen molar-refractivity contribution in [1.29, 1.82) is 0 Å². The summed E-state index contributed by atoms with van der Waals surface area (Å²) in [6, 6.07) is 0. The van der Waals surface area contributed by atoms with Crippen LogP contribution in [0.2, 0.25) is 0 Å². The molecule has 22 heavy (non-hydrogen) atoms. The van der Waals surface area contributed by atoms with Gasteiger partial charge >= 0.3 is 0 Å². The Morgan fingerprint density at radius 2 is 2.00 bits per heavy atom. The molecule has 0 bridgehead atoms. The van der Waals surface area contributed by atoms with Crippen molar-refractivity contribution >= 4 is 63.3 Å². The Balaban J connectivity index is 3.52. The van der Waals surface area contributed by atoms with Crippen LogP contribution in [0.1, 0.15) is 38.9 Å². The fraction of sp³-hybridized carbons (Fsp3) is 0.538. The minimum absolute atomic E-state index is 0.0984. The zero-order valence-electron chi connectivity index (χ0n) is 12.4. The van der Waals surface area contributed by atoms with Gasteiger partial charge in [-0.1, -0.05) is 19.1 Å². The number of aryl methyl sites for hydroxylation is 1. The summed E-state index contributed by atoms with van der Waals surface area (Å²) in [6.07, 6.45) is 6.57. The molecular weight excluding hydrogens is 502 g/mol. The van der Waals surface area contributed by atoms with Crippen molar-refractivity contribution in [1.82, 2.24) is 14.8 Å². The summed E-state index contributed by atoms with van der Waals surface area (Å²) in [5.74, 6) is 0.634. The van der Waals surface area contributed by atoms with Gasteiger partial charge in [-0.05, 0) is 74.0 Å². The van der Waals surface area contributed by atoms with Crippen LogP contribution in [0.3, 0.4) is 0 Å². The number of allylic oxidation sites excluding steroid dienone is 3. The monoisotopic (exact) mass is 517 g/mol. The number of halogens is 3. The van der Waals surface area contributed by atoms with E-state index in [-0.39, 0.29) is 5.16 Å². The summed E-state index contributed by atoms with van der Waals surface area (Å²) in [5.41, 5.74) is 0.837. The zero-order valence-corrected chi connectivity index (χ0v) is 18.0. The molecule has 124 valence electrons. The molecule has 1 heterocycles. The Morgan fingerprint density at radius 1 is 1.36 bits per heavy atom. The normalized spacial score (nSPS) is 13.4. The number of aromatic nitrogens is 3. The topological polar surface area (TPSA) is 64.8 Å². The van der Waals surface area contributed by atoms with Crippen molar-refractivity contribution in [2.45, 2.75) is 46.2 Å². The van der Waals surface area contributed by atoms with Gasteiger partial charge < -0.3 is 0 Å². The second-order valence-corrected chi connectivity index (χ2v) is 14.9. The van der Waals surface area contributed by atoms with Crippen LogP contribution in [0.5, 0.6) is 0 Å². The molecule has 0 radical (unpaired) electrons. The highest BCUT2D eigenvalue weighted by molar-refractivity contribution is 9.42. The first kappa shape index (κ1) is 20.1. The van der Waals surface area contributed by atoms with Crippen LogP contribution in [0.4, 0.5) is 0 Å². The van der Waals surface area contributed by atoms with Gasteiger partial charge in [-0.2, -0.15) is 0 Å². The van der Waals surface area contributed by atoms with Crippen LogP contribution in [0.25, 0.3) is 5.70 Å². The third-order valence-electron chi connectivity index (χ3n) is 2.94. The fourth-order valence-corrected chi connectivity index (χ4v) is 4.01. The van der Waals surface area contributed by atoms with E-state index in [9.17, 15) is 8.42 Å². The maximum absolute atomic E-state index is 12.7. The quantitative estimate of drug-likeness (QED) is 0.389. The van der Waals surface area contributed by atoms with Gasteiger partial charge in [-0.3, -0.25) is 4.57 Å². The molecule has 0 atom stereocenters. The minimum Gasteiger partial charge on any atom is -0.274 e. The molecule has 0 N–H and O–H groups in total. The number of sulfone groups is 1. The van der Waals surface area contributed by atoms with Crippen LogP contribution in [-0.4, -0.2) is 24.7 Å². The Kier molecular flexibility index (Phi) is 7.48. The zero-order chi connectivity index (χ0) is 17.0. The number of hydrogen-bond donors (Lipinski definition) is 0. The maximum atomic E-state index is 12.7. The summed E-state index contributed by atoms with van der Waals surface area (Å²) in [7, 11) is -3.81. The molecule has 1 rings (SSSR count). The lowest BCUT2D eigenvalue weighted by Crippen LogP contribution is -2.23. The molecule has 0 saturated carbocycles. The van der Waals surface area contributed by atoms with Gasteiger partial charge in [0.05, 0.1) is 0 Å². The Morgan fingerprint density at radius 3 is 2.45 bits per heavy atom. The largest absolute Gasteiger partial charge is 0.274 e. The Hall–Kier alpha value is 0.0100. The molecule has 0 aliphatic heterocycles. The molecule has 0 saturated heterocycles. The highest BCUT2D eigenvalue weighted by Crippen LogP contribution is 2.43. The predicted molar refractivity (Wildman–Crippen MR) is 100 cm³/mol. The molecule has 1 aromatic heterocycles. The summed E-state index contributed by atoms with van der Waals surface area (Å²) in [4.78, 5) is 0. The summed E-state index contributed by atoms with van der Waals surface area (Å²) in [5, 5.41) is 7.89. The van der Waals surface area contributed by atoms with Crippen molar-refractivity contribution in [2.24, 2.45) is 0 Å². The van der Waals surface area contributed by atoms with Gasteiger partial charge in [0.15, 0.2) is 0 Å².